The van der Waals surface area contributed by atoms with E-state index in [0.717, 1.165) is 0 Å². The molecular formula is C13H19N3O4. The summed E-state index contributed by atoms with van der Waals surface area (Å²) in [6.45, 7) is 1.16. The number of hydrogen-bond acceptors (Lipinski definition) is 4. The molecule has 0 aromatic heterocycles. The van der Waals surface area contributed by atoms with Crippen LogP contribution in [0.4, 0.5) is 10.5 Å². The van der Waals surface area contributed by atoms with Crippen LogP contribution in [0, 0.1) is 0 Å². The lowest BCUT2D eigenvalue weighted by molar-refractivity contribution is 0.0698. The highest BCUT2D eigenvalue weighted by Crippen LogP contribution is 2.22. The fourth-order valence-corrected chi connectivity index (χ4v) is 1.50. The topological polar surface area (TPSA) is 90.9 Å². The molecule has 0 heterocycles. The molecule has 1 aromatic carbocycles. The molecule has 0 unspecified atom stereocenters. The molecule has 3 N–H and O–H groups in total. The molecule has 0 aliphatic heterocycles. The number of urea groups is 1. The fraction of sp³-hybridized carbons (Fsp3) is 0.385. The van der Waals surface area contributed by atoms with E-state index in [-0.39, 0.29) is 11.3 Å². The molecule has 2 amide bonds. The van der Waals surface area contributed by atoms with Gasteiger partial charge in [0, 0.05) is 19.2 Å². The van der Waals surface area contributed by atoms with E-state index in [1.54, 1.807) is 0 Å². The van der Waals surface area contributed by atoms with Crippen molar-refractivity contribution in [3.63, 3.8) is 0 Å². The van der Waals surface area contributed by atoms with Gasteiger partial charge in [-0.1, -0.05) is 0 Å². The predicted octanol–water partition coefficient (Wildman–Crippen LogP) is 1.08. The Labute approximate surface area is 117 Å². The van der Waals surface area contributed by atoms with E-state index in [0.29, 0.717) is 18.8 Å². The van der Waals surface area contributed by atoms with Crippen LogP contribution >= 0.6 is 0 Å². The minimum atomic E-state index is -1.11. The summed E-state index contributed by atoms with van der Waals surface area (Å²) in [6, 6.07) is 3.92. The quantitative estimate of drug-likeness (QED) is 0.725. The van der Waals surface area contributed by atoms with Crippen molar-refractivity contribution in [3.05, 3.63) is 23.8 Å². The predicted molar refractivity (Wildman–Crippen MR) is 75.5 cm³/mol. The van der Waals surface area contributed by atoms with Crippen LogP contribution in [0.3, 0.4) is 0 Å². The summed E-state index contributed by atoms with van der Waals surface area (Å²) in [6.07, 6.45) is 0. The number of nitrogens with one attached hydrogen (secondary N) is 2. The molecule has 0 spiro atoms. The molecule has 0 saturated carbocycles. The minimum absolute atomic E-state index is 0.00793. The number of methoxy groups -OCH3 is 1. The number of amides is 2. The molecule has 0 aliphatic carbocycles. The van der Waals surface area contributed by atoms with E-state index in [1.807, 2.05) is 19.0 Å². The van der Waals surface area contributed by atoms with E-state index >= 15 is 0 Å². The maximum Gasteiger partial charge on any atom is 0.337 e. The second-order valence-corrected chi connectivity index (χ2v) is 4.40. The number of hydrogen-bond donors (Lipinski definition) is 3. The minimum Gasteiger partial charge on any atom is -0.497 e. The van der Waals surface area contributed by atoms with Gasteiger partial charge in [0.05, 0.1) is 18.4 Å². The highest BCUT2D eigenvalue weighted by Gasteiger charge is 2.13. The third kappa shape index (κ3) is 4.77. The first-order chi connectivity index (χ1) is 9.43. The lowest BCUT2D eigenvalue weighted by Crippen LogP contribution is -2.34. The molecule has 1 rings (SSSR count). The van der Waals surface area contributed by atoms with Gasteiger partial charge in [-0.15, -0.1) is 0 Å². The molecular weight excluding hydrogens is 262 g/mol. The Balaban J connectivity index is 2.74. The molecule has 7 heteroatoms. The largest absolute Gasteiger partial charge is 0.497 e. The molecule has 110 valence electrons. The summed E-state index contributed by atoms with van der Waals surface area (Å²) in [7, 11) is 5.26. The van der Waals surface area contributed by atoms with Gasteiger partial charge < -0.3 is 25.4 Å². The second kappa shape index (κ2) is 7.34. The average Bonchev–Trinajstić information content (AvgIpc) is 2.37. The molecule has 0 saturated heterocycles. The molecule has 7 nitrogen and oxygen atoms in total. The number of carbonyl (C=O) groups is 2. The van der Waals surface area contributed by atoms with Gasteiger partial charge in [-0.2, -0.15) is 0 Å². The van der Waals surface area contributed by atoms with Crippen LogP contribution in [0.2, 0.25) is 0 Å². The molecule has 0 fully saturated rings. The maximum atomic E-state index is 11.7. The standard InChI is InChI=1S/C13H19N3O4/c1-16(2)7-6-14-13(19)15-11-8-9(20-3)4-5-10(11)12(17)18/h4-5,8H,6-7H2,1-3H3,(H,17,18)(H2,14,15,19). The zero-order chi connectivity index (χ0) is 15.1. The van der Waals surface area contributed by atoms with Crippen molar-refractivity contribution in [1.29, 1.82) is 0 Å². The van der Waals surface area contributed by atoms with Crippen LogP contribution in [0.25, 0.3) is 0 Å². The Morgan fingerprint density at radius 2 is 2.05 bits per heavy atom. The number of aromatic carboxylic acids is 1. The lowest BCUT2D eigenvalue weighted by atomic mass is 10.1. The number of carbonyl (C=O) groups excluding carboxylic acids is 1. The van der Waals surface area contributed by atoms with Crippen LogP contribution in [0.5, 0.6) is 5.75 Å². The van der Waals surface area contributed by atoms with Crippen molar-refractivity contribution in [2.24, 2.45) is 0 Å². The highest BCUT2D eigenvalue weighted by atomic mass is 16.5. The Morgan fingerprint density at radius 3 is 2.60 bits per heavy atom. The Hall–Kier alpha value is -2.28. The third-order valence-corrected chi connectivity index (χ3v) is 2.55. The monoisotopic (exact) mass is 281 g/mol. The molecule has 0 aliphatic rings. The Kier molecular flexibility index (Phi) is 5.79. The van der Waals surface area contributed by atoms with E-state index in [2.05, 4.69) is 10.6 Å². The first kappa shape index (κ1) is 15.8. The summed E-state index contributed by atoms with van der Waals surface area (Å²) in [4.78, 5) is 24.7. The second-order valence-electron chi connectivity index (χ2n) is 4.40. The number of carboxylic acids is 1. The van der Waals surface area contributed by atoms with Crippen molar-refractivity contribution >= 4 is 17.7 Å². The van der Waals surface area contributed by atoms with Gasteiger partial charge in [0.1, 0.15) is 5.75 Å². The summed E-state index contributed by atoms with van der Waals surface area (Å²) in [5.74, 6) is -0.644. The fourth-order valence-electron chi connectivity index (χ4n) is 1.50. The summed E-state index contributed by atoms with van der Waals surface area (Å²) >= 11 is 0. The van der Waals surface area contributed by atoms with Gasteiger partial charge in [-0.05, 0) is 26.2 Å². The normalized spacial score (nSPS) is 10.2. The van der Waals surface area contributed by atoms with E-state index in [9.17, 15) is 9.59 Å². The van der Waals surface area contributed by atoms with Crippen LogP contribution in [-0.4, -0.2) is 56.3 Å². The van der Waals surface area contributed by atoms with Crippen molar-refractivity contribution in [1.82, 2.24) is 10.2 Å². The van der Waals surface area contributed by atoms with Crippen LogP contribution in [0.15, 0.2) is 18.2 Å². The molecule has 0 radical (unpaired) electrons. The number of ether oxygens (including phenoxy) is 1. The molecule has 0 bridgehead atoms. The Morgan fingerprint density at radius 1 is 1.35 bits per heavy atom. The van der Waals surface area contributed by atoms with E-state index in [4.69, 9.17) is 9.84 Å². The number of benzene rings is 1. The van der Waals surface area contributed by atoms with Crippen molar-refractivity contribution in [3.8, 4) is 5.75 Å². The van der Waals surface area contributed by atoms with Gasteiger partial charge in [0.15, 0.2) is 0 Å². The van der Waals surface area contributed by atoms with Gasteiger partial charge in [0.25, 0.3) is 0 Å². The first-order valence-corrected chi connectivity index (χ1v) is 6.05. The van der Waals surface area contributed by atoms with Gasteiger partial charge in [-0.3, -0.25) is 0 Å². The van der Waals surface area contributed by atoms with Crippen LogP contribution < -0.4 is 15.4 Å². The number of likely N-dealkylation sites (N-methyl/N-ethyl adjacent to an activating group) is 1. The number of carboxylic acid groups (broad SMARTS) is 1. The first-order valence-electron chi connectivity index (χ1n) is 6.05. The SMILES string of the molecule is COc1ccc(C(=O)O)c(NC(=O)NCCN(C)C)c1. The highest BCUT2D eigenvalue weighted by molar-refractivity contribution is 6.00. The zero-order valence-electron chi connectivity index (χ0n) is 11.8. The zero-order valence-corrected chi connectivity index (χ0v) is 11.8. The number of rotatable bonds is 6. The van der Waals surface area contributed by atoms with Crippen molar-refractivity contribution < 1.29 is 19.4 Å². The van der Waals surface area contributed by atoms with Gasteiger partial charge >= 0.3 is 12.0 Å². The smallest absolute Gasteiger partial charge is 0.337 e. The van der Waals surface area contributed by atoms with E-state index < -0.39 is 12.0 Å². The molecule has 1 aromatic rings. The Bertz CT molecular complexity index is 489. The van der Waals surface area contributed by atoms with Gasteiger partial charge in [-0.25, -0.2) is 9.59 Å². The van der Waals surface area contributed by atoms with Crippen LogP contribution in [0.1, 0.15) is 10.4 Å². The molecule has 0 atom stereocenters. The average molecular weight is 281 g/mol. The van der Waals surface area contributed by atoms with E-state index in [1.165, 1.54) is 25.3 Å². The summed E-state index contributed by atoms with van der Waals surface area (Å²) < 4.78 is 5.01. The summed E-state index contributed by atoms with van der Waals surface area (Å²) in [5.41, 5.74) is 0.202. The van der Waals surface area contributed by atoms with Crippen molar-refractivity contribution in [2.45, 2.75) is 0 Å². The third-order valence-electron chi connectivity index (χ3n) is 2.55. The number of anilines is 1. The lowest BCUT2D eigenvalue weighted by Gasteiger charge is -2.13. The van der Waals surface area contributed by atoms with Gasteiger partial charge in [0.2, 0.25) is 0 Å². The van der Waals surface area contributed by atoms with Crippen LogP contribution in [-0.2, 0) is 0 Å². The molecule has 20 heavy (non-hydrogen) atoms. The maximum absolute atomic E-state index is 11.7. The summed E-state index contributed by atoms with van der Waals surface area (Å²) in [5, 5.41) is 14.2. The van der Waals surface area contributed by atoms with Crippen molar-refractivity contribution in [2.75, 3.05) is 39.6 Å². The number of nitrogens with zero attached hydrogens (tertiary/aromatic N) is 1.